The molecular formula is C19H19ClN2O2S2. The van der Waals surface area contributed by atoms with Gasteiger partial charge in [0, 0.05) is 10.6 Å². The van der Waals surface area contributed by atoms with Gasteiger partial charge in [0.1, 0.15) is 5.75 Å². The van der Waals surface area contributed by atoms with Gasteiger partial charge in [-0.2, -0.15) is 0 Å². The van der Waals surface area contributed by atoms with E-state index in [0.29, 0.717) is 17.7 Å². The first-order valence-corrected chi connectivity index (χ1v) is 10.7. The molecule has 0 spiro atoms. The highest BCUT2D eigenvalue weighted by atomic mass is 35.5. The number of thioether (sulfide) groups is 2. The van der Waals surface area contributed by atoms with E-state index in [-0.39, 0.29) is 0 Å². The fourth-order valence-electron chi connectivity index (χ4n) is 2.26. The molecule has 0 fully saturated rings. The summed E-state index contributed by atoms with van der Waals surface area (Å²) >= 11 is 9.49. The molecule has 2 aromatic carbocycles. The molecule has 0 aliphatic carbocycles. The van der Waals surface area contributed by atoms with Crippen LogP contribution in [0, 0.1) is 0 Å². The lowest BCUT2D eigenvalue weighted by molar-refractivity contribution is 0.340. The molecule has 0 unspecified atom stereocenters. The third-order valence-corrected chi connectivity index (χ3v) is 5.94. The summed E-state index contributed by atoms with van der Waals surface area (Å²) in [6, 6.07) is 15.6. The van der Waals surface area contributed by atoms with Crippen molar-refractivity contribution in [3.8, 4) is 17.2 Å². The molecule has 7 heteroatoms. The van der Waals surface area contributed by atoms with E-state index in [0.717, 1.165) is 39.2 Å². The lowest BCUT2D eigenvalue weighted by atomic mass is 10.2. The van der Waals surface area contributed by atoms with Crippen LogP contribution in [0.25, 0.3) is 11.5 Å². The first-order chi connectivity index (χ1) is 12.8. The predicted octanol–water partition coefficient (Wildman–Crippen LogP) is 6.06. The molecule has 3 rings (SSSR count). The van der Waals surface area contributed by atoms with Crippen molar-refractivity contribution < 1.29 is 9.15 Å². The smallest absolute Gasteiger partial charge is 0.276 e. The van der Waals surface area contributed by atoms with E-state index in [1.807, 2.05) is 55.5 Å². The SMILES string of the molecule is CCOc1ccccc1-c1nnc(SCCCSc2ccccc2Cl)o1. The van der Waals surface area contributed by atoms with Crippen molar-refractivity contribution in [2.24, 2.45) is 0 Å². The van der Waals surface area contributed by atoms with Gasteiger partial charge in [0.05, 0.1) is 17.2 Å². The van der Waals surface area contributed by atoms with Crippen molar-refractivity contribution in [3.05, 3.63) is 53.6 Å². The van der Waals surface area contributed by atoms with Gasteiger partial charge in [-0.3, -0.25) is 0 Å². The Bertz CT molecular complexity index is 842. The topological polar surface area (TPSA) is 48.2 Å². The highest BCUT2D eigenvalue weighted by Crippen LogP contribution is 2.31. The van der Waals surface area contributed by atoms with Crippen molar-refractivity contribution in [2.45, 2.75) is 23.5 Å². The average molecular weight is 407 g/mol. The zero-order valence-corrected chi connectivity index (χ0v) is 16.7. The summed E-state index contributed by atoms with van der Waals surface area (Å²) in [5.74, 6) is 3.14. The second-order valence-corrected chi connectivity index (χ2v) is 7.87. The monoisotopic (exact) mass is 406 g/mol. The summed E-state index contributed by atoms with van der Waals surface area (Å²) in [5.41, 5.74) is 0.822. The molecule has 0 radical (unpaired) electrons. The number of nitrogens with zero attached hydrogens (tertiary/aromatic N) is 2. The second-order valence-electron chi connectivity index (χ2n) is 5.28. The molecule has 0 amide bonds. The Morgan fingerprint density at radius 3 is 2.62 bits per heavy atom. The minimum atomic E-state index is 0.488. The third-order valence-electron chi connectivity index (χ3n) is 3.43. The predicted molar refractivity (Wildman–Crippen MR) is 108 cm³/mol. The summed E-state index contributed by atoms with van der Waals surface area (Å²) in [7, 11) is 0. The minimum absolute atomic E-state index is 0.488. The van der Waals surface area contributed by atoms with Crippen LogP contribution in [0.5, 0.6) is 5.75 Å². The Labute approximate surface area is 166 Å². The minimum Gasteiger partial charge on any atom is -0.493 e. The summed E-state index contributed by atoms with van der Waals surface area (Å²) in [6.07, 6.45) is 1.02. The first kappa shape index (κ1) is 19.1. The largest absolute Gasteiger partial charge is 0.493 e. The van der Waals surface area contributed by atoms with Gasteiger partial charge in [0.2, 0.25) is 0 Å². The Morgan fingerprint density at radius 2 is 1.77 bits per heavy atom. The van der Waals surface area contributed by atoms with Crippen LogP contribution in [0.3, 0.4) is 0 Å². The van der Waals surface area contributed by atoms with Gasteiger partial charge >= 0.3 is 0 Å². The van der Waals surface area contributed by atoms with Gasteiger partial charge in [0.25, 0.3) is 11.1 Å². The molecule has 1 heterocycles. The maximum absolute atomic E-state index is 6.16. The van der Waals surface area contributed by atoms with Gasteiger partial charge in [-0.15, -0.1) is 22.0 Å². The van der Waals surface area contributed by atoms with Gasteiger partial charge in [-0.25, -0.2) is 0 Å². The normalized spacial score (nSPS) is 10.8. The molecule has 0 saturated heterocycles. The van der Waals surface area contributed by atoms with Crippen molar-refractivity contribution in [2.75, 3.05) is 18.1 Å². The molecule has 0 bridgehead atoms. The molecule has 0 aliphatic heterocycles. The number of ether oxygens (including phenoxy) is 1. The summed E-state index contributed by atoms with van der Waals surface area (Å²) in [6.45, 7) is 2.54. The van der Waals surface area contributed by atoms with Crippen LogP contribution >= 0.6 is 35.1 Å². The van der Waals surface area contributed by atoms with Crippen molar-refractivity contribution >= 4 is 35.1 Å². The molecule has 1 aromatic heterocycles. The number of aromatic nitrogens is 2. The Morgan fingerprint density at radius 1 is 1.00 bits per heavy atom. The van der Waals surface area contributed by atoms with E-state index in [2.05, 4.69) is 10.2 Å². The van der Waals surface area contributed by atoms with Gasteiger partial charge < -0.3 is 9.15 Å². The lowest BCUT2D eigenvalue weighted by Crippen LogP contribution is -1.93. The lowest BCUT2D eigenvalue weighted by Gasteiger charge is -2.06. The molecule has 26 heavy (non-hydrogen) atoms. The zero-order chi connectivity index (χ0) is 18.2. The molecule has 0 aliphatic rings. The fourth-order valence-corrected chi connectivity index (χ4v) is 4.34. The van der Waals surface area contributed by atoms with E-state index in [4.69, 9.17) is 20.8 Å². The molecule has 0 N–H and O–H groups in total. The second kappa shape index (κ2) is 9.90. The number of hydrogen-bond donors (Lipinski definition) is 0. The van der Waals surface area contributed by atoms with Crippen LogP contribution in [0.2, 0.25) is 5.02 Å². The summed E-state index contributed by atoms with van der Waals surface area (Å²) in [5, 5.41) is 9.66. The van der Waals surface area contributed by atoms with Crippen molar-refractivity contribution in [1.29, 1.82) is 0 Å². The fraction of sp³-hybridized carbons (Fsp3) is 0.263. The number of benzene rings is 2. The quantitative estimate of drug-likeness (QED) is 0.318. The molecule has 0 atom stereocenters. The Kier molecular flexibility index (Phi) is 7.29. The van der Waals surface area contributed by atoms with E-state index >= 15 is 0 Å². The zero-order valence-electron chi connectivity index (χ0n) is 14.4. The van der Waals surface area contributed by atoms with Gasteiger partial charge in [-0.1, -0.05) is 47.6 Å². The van der Waals surface area contributed by atoms with E-state index in [1.54, 1.807) is 23.5 Å². The molecule has 136 valence electrons. The van der Waals surface area contributed by atoms with Crippen LogP contribution in [0.1, 0.15) is 13.3 Å². The average Bonchev–Trinajstić information content (AvgIpc) is 3.12. The summed E-state index contributed by atoms with van der Waals surface area (Å²) in [4.78, 5) is 1.12. The maximum atomic E-state index is 6.16. The van der Waals surface area contributed by atoms with Crippen molar-refractivity contribution in [1.82, 2.24) is 10.2 Å². The summed E-state index contributed by atoms with van der Waals surface area (Å²) < 4.78 is 11.4. The first-order valence-electron chi connectivity index (χ1n) is 8.33. The van der Waals surface area contributed by atoms with Crippen LogP contribution in [0.15, 0.2) is 63.1 Å². The van der Waals surface area contributed by atoms with Crippen LogP contribution in [-0.4, -0.2) is 28.3 Å². The molecule has 0 saturated carbocycles. The Balaban J connectivity index is 1.49. The van der Waals surface area contributed by atoms with Crippen LogP contribution in [-0.2, 0) is 0 Å². The van der Waals surface area contributed by atoms with Crippen LogP contribution in [0.4, 0.5) is 0 Å². The van der Waals surface area contributed by atoms with E-state index < -0.39 is 0 Å². The third kappa shape index (κ3) is 5.19. The van der Waals surface area contributed by atoms with Gasteiger partial charge in [0.15, 0.2) is 0 Å². The number of rotatable bonds is 9. The number of halogens is 1. The Hall–Kier alpha value is -1.63. The number of hydrogen-bond acceptors (Lipinski definition) is 6. The van der Waals surface area contributed by atoms with Gasteiger partial charge in [-0.05, 0) is 43.4 Å². The van der Waals surface area contributed by atoms with Crippen molar-refractivity contribution in [3.63, 3.8) is 0 Å². The van der Waals surface area contributed by atoms with E-state index in [9.17, 15) is 0 Å². The highest BCUT2D eigenvalue weighted by molar-refractivity contribution is 8.00. The maximum Gasteiger partial charge on any atom is 0.276 e. The van der Waals surface area contributed by atoms with Crippen LogP contribution < -0.4 is 4.74 Å². The standard InChI is InChI=1S/C19H19ClN2O2S2/c1-2-23-16-10-5-3-8-14(16)18-21-22-19(24-18)26-13-7-12-25-17-11-6-4-9-15(17)20/h3-6,8-11H,2,7,12-13H2,1H3. The highest BCUT2D eigenvalue weighted by Gasteiger charge is 2.13. The van der Waals surface area contributed by atoms with E-state index in [1.165, 1.54) is 0 Å². The molecule has 4 nitrogen and oxygen atoms in total. The number of para-hydroxylation sites is 1. The molecular weight excluding hydrogens is 388 g/mol. The molecule has 3 aromatic rings.